The first kappa shape index (κ1) is 16.7. The van der Waals surface area contributed by atoms with Crippen molar-refractivity contribution in [2.24, 2.45) is 0 Å². The highest BCUT2D eigenvalue weighted by molar-refractivity contribution is 7.56. The fourth-order valence-corrected chi connectivity index (χ4v) is 4.25. The third-order valence-electron chi connectivity index (χ3n) is 2.79. The van der Waals surface area contributed by atoms with Gasteiger partial charge in [0.15, 0.2) is 0 Å². The maximum atomic E-state index is 13.0. The summed E-state index contributed by atoms with van der Waals surface area (Å²) in [4.78, 5) is 0. The van der Waals surface area contributed by atoms with Crippen LogP contribution >= 0.6 is 7.59 Å². The third-order valence-corrected chi connectivity index (χ3v) is 5.92. The van der Waals surface area contributed by atoms with Gasteiger partial charge < -0.3 is 4.67 Å². The van der Waals surface area contributed by atoms with Crippen LogP contribution in [0.2, 0.25) is 0 Å². The maximum absolute atomic E-state index is 13.0. The Bertz CT molecular complexity index is 288. The summed E-state index contributed by atoms with van der Waals surface area (Å²) in [5, 5.41) is 0. The van der Waals surface area contributed by atoms with Gasteiger partial charge in [-0.2, -0.15) is 0 Å². The molecule has 17 heavy (non-hydrogen) atoms. The number of nitrogens with zero attached hydrogens (tertiary/aromatic N) is 3. The van der Waals surface area contributed by atoms with Gasteiger partial charge in [0, 0.05) is 12.7 Å². The van der Waals surface area contributed by atoms with E-state index in [1.54, 1.807) is 0 Å². The number of hydrogen-bond acceptors (Lipinski definition) is 1. The van der Waals surface area contributed by atoms with E-state index in [0.29, 0.717) is 0 Å². The molecule has 0 unspecified atom stereocenters. The van der Waals surface area contributed by atoms with Crippen molar-refractivity contribution < 1.29 is 4.57 Å². The highest BCUT2D eigenvalue weighted by Gasteiger charge is 2.34. The fourth-order valence-electron chi connectivity index (χ4n) is 1.95. The largest absolute Gasteiger partial charge is 0.309 e. The Kier molecular flexibility index (Phi) is 7.07. The molecule has 0 saturated carbocycles. The number of allylic oxidation sites excluding steroid dienone is 2. The summed E-state index contributed by atoms with van der Waals surface area (Å²) >= 11 is 0. The lowest BCUT2D eigenvalue weighted by molar-refractivity contribution is 0.381. The summed E-state index contributed by atoms with van der Waals surface area (Å²) in [6.45, 7) is 4.26. The molecule has 0 saturated heterocycles. The predicted octanol–water partition coefficient (Wildman–Crippen LogP) is 3.24. The lowest BCUT2D eigenvalue weighted by Gasteiger charge is -2.39. The first-order valence-electron chi connectivity index (χ1n) is 6.21. The smallest absolute Gasteiger partial charge is 0.306 e. The Hall–Kier alpha value is -0.310. The molecule has 0 aromatic heterocycles. The van der Waals surface area contributed by atoms with Crippen LogP contribution in [0.4, 0.5) is 0 Å². The van der Waals surface area contributed by atoms with Gasteiger partial charge in [0.2, 0.25) is 0 Å². The molecule has 0 aliphatic heterocycles. The van der Waals surface area contributed by atoms with Gasteiger partial charge in [-0.15, -0.1) is 0 Å². The van der Waals surface area contributed by atoms with Crippen LogP contribution in [0.5, 0.6) is 0 Å². The van der Waals surface area contributed by atoms with Crippen molar-refractivity contribution in [2.75, 3.05) is 35.2 Å². The molecule has 0 rings (SSSR count). The predicted molar refractivity (Wildman–Crippen MR) is 76.0 cm³/mol. The summed E-state index contributed by atoms with van der Waals surface area (Å²) in [6, 6.07) is 0. The minimum absolute atomic E-state index is 0.968. The summed E-state index contributed by atoms with van der Waals surface area (Å²) in [7, 11) is 6.76. The van der Waals surface area contributed by atoms with E-state index in [2.05, 4.69) is 19.9 Å². The van der Waals surface area contributed by atoms with Crippen molar-refractivity contribution in [1.29, 1.82) is 0 Å². The minimum atomic E-state index is -2.64. The third kappa shape index (κ3) is 3.84. The molecule has 0 spiro atoms. The van der Waals surface area contributed by atoms with Crippen LogP contribution in [-0.4, -0.2) is 49.2 Å². The molecule has 0 bridgehead atoms. The fraction of sp³-hybridized carbons (Fsp3) is 0.833. The molecule has 0 N–H and O–H groups in total. The summed E-state index contributed by atoms with van der Waals surface area (Å²) < 4.78 is 18.6. The lowest BCUT2D eigenvalue weighted by atomic mass is 10.2. The van der Waals surface area contributed by atoms with Gasteiger partial charge in [-0.05, 0) is 41.0 Å². The molecular formula is C12H28N3OP. The first-order chi connectivity index (χ1) is 7.82. The van der Waals surface area contributed by atoms with Crippen molar-refractivity contribution in [3.63, 3.8) is 0 Å². The van der Waals surface area contributed by atoms with E-state index in [9.17, 15) is 4.57 Å². The van der Waals surface area contributed by atoms with Crippen molar-refractivity contribution >= 4 is 7.59 Å². The number of rotatable bonds is 7. The minimum Gasteiger partial charge on any atom is -0.306 e. The summed E-state index contributed by atoms with van der Waals surface area (Å²) in [6.07, 6.45) is 5.18. The van der Waals surface area contributed by atoms with E-state index in [1.165, 1.54) is 5.70 Å². The van der Waals surface area contributed by atoms with E-state index in [0.717, 1.165) is 19.3 Å². The Morgan fingerprint density at radius 1 is 1.06 bits per heavy atom. The van der Waals surface area contributed by atoms with Gasteiger partial charge in [0.05, 0.1) is 0 Å². The van der Waals surface area contributed by atoms with Gasteiger partial charge in [-0.3, -0.25) is 4.57 Å². The lowest BCUT2D eigenvalue weighted by Crippen LogP contribution is -2.32. The summed E-state index contributed by atoms with van der Waals surface area (Å²) in [5.41, 5.74) is 1.17. The molecule has 5 heteroatoms. The van der Waals surface area contributed by atoms with Crippen LogP contribution in [0, 0.1) is 0 Å². The first-order valence-corrected chi connectivity index (χ1v) is 7.77. The van der Waals surface area contributed by atoms with E-state index in [-0.39, 0.29) is 0 Å². The molecular weight excluding hydrogens is 233 g/mol. The van der Waals surface area contributed by atoms with Crippen LogP contribution in [0.15, 0.2) is 11.8 Å². The molecule has 0 fully saturated rings. The Balaban J connectivity index is 5.27. The van der Waals surface area contributed by atoms with Crippen LogP contribution in [-0.2, 0) is 4.57 Å². The quantitative estimate of drug-likeness (QED) is 0.657. The van der Waals surface area contributed by atoms with Crippen molar-refractivity contribution in [3.05, 3.63) is 11.8 Å². The van der Waals surface area contributed by atoms with Crippen molar-refractivity contribution in [2.45, 2.75) is 33.1 Å². The highest BCUT2D eigenvalue weighted by atomic mass is 31.2. The molecule has 0 aromatic rings. The van der Waals surface area contributed by atoms with Crippen LogP contribution in [0.1, 0.15) is 33.1 Å². The van der Waals surface area contributed by atoms with Gasteiger partial charge in [0.25, 0.3) is 0 Å². The van der Waals surface area contributed by atoms with Crippen LogP contribution in [0.3, 0.4) is 0 Å². The highest BCUT2D eigenvalue weighted by Crippen LogP contribution is 2.54. The van der Waals surface area contributed by atoms with Crippen molar-refractivity contribution in [1.82, 2.24) is 14.0 Å². The summed E-state index contributed by atoms with van der Waals surface area (Å²) in [5.74, 6) is 0. The zero-order valence-corrected chi connectivity index (χ0v) is 13.3. The molecule has 0 atom stereocenters. The Morgan fingerprint density at radius 2 is 1.53 bits per heavy atom. The van der Waals surface area contributed by atoms with Crippen molar-refractivity contribution in [3.8, 4) is 0 Å². The van der Waals surface area contributed by atoms with E-state index < -0.39 is 7.59 Å². The Morgan fingerprint density at radius 3 is 1.82 bits per heavy atom. The maximum Gasteiger partial charge on any atom is 0.309 e. The van der Waals surface area contributed by atoms with Gasteiger partial charge in [-0.25, -0.2) is 9.34 Å². The second-order valence-corrected chi connectivity index (χ2v) is 7.81. The van der Waals surface area contributed by atoms with Crippen LogP contribution in [0.25, 0.3) is 0 Å². The Labute approximate surface area is 107 Å². The molecule has 102 valence electrons. The SMILES string of the molecule is CC/C=C(/CCC)N(C)P(=O)(N(C)C)N(C)C. The van der Waals surface area contributed by atoms with Gasteiger partial charge in [0.1, 0.15) is 0 Å². The second kappa shape index (κ2) is 7.20. The standard InChI is InChI=1S/C12H28N3OP/c1-8-10-12(11-9-2)15(7)17(16,13(3)4)14(5)6/h10H,8-9,11H2,1-7H3/b12-10-. The molecule has 0 amide bonds. The molecule has 4 nitrogen and oxygen atoms in total. The zero-order valence-electron chi connectivity index (χ0n) is 12.4. The van der Waals surface area contributed by atoms with E-state index in [4.69, 9.17) is 0 Å². The molecule has 0 radical (unpaired) electrons. The molecule has 0 aliphatic rings. The molecule has 0 aromatic carbocycles. The van der Waals surface area contributed by atoms with Gasteiger partial charge in [-0.1, -0.05) is 26.3 Å². The van der Waals surface area contributed by atoms with Crippen LogP contribution < -0.4 is 0 Å². The molecule has 0 heterocycles. The molecule has 0 aliphatic carbocycles. The van der Waals surface area contributed by atoms with E-state index >= 15 is 0 Å². The normalized spacial score (nSPS) is 13.6. The average molecular weight is 261 g/mol. The monoisotopic (exact) mass is 261 g/mol. The second-order valence-electron chi connectivity index (χ2n) is 4.59. The zero-order chi connectivity index (χ0) is 13.6. The average Bonchev–Trinajstić information content (AvgIpc) is 2.26. The van der Waals surface area contributed by atoms with Gasteiger partial charge >= 0.3 is 7.59 Å². The topological polar surface area (TPSA) is 26.8 Å². The number of hydrogen-bond donors (Lipinski definition) is 0. The van der Waals surface area contributed by atoms with E-state index in [1.807, 2.05) is 49.2 Å².